The molecule has 0 aliphatic carbocycles. The standard InChI is InChI=1S/C14H20O4/c1-14(2,3)11-9-10(15)6-7-12(11)18-8-4-5-13(16)17/h6-7,9,15H,4-5,8H2,1-3H3,(H,16,17). The van der Waals surface area contributed by atoms with E-state index in [4.69, 9.17) is 9.84 Å². The molecule has 0 saturated heterocycles. The van der Waals surface area contributed by atoms with Crippen LogP contribution in [0.25, 0.3) is 0 Å². The zero-order valence-electron chi connectivity index (χ0n) is 11.1. The van der Waals surface area contributed by atoms with Crippen molar-refractivity contribution in [3.8, 4) is 11.5 Å². The van der Waals surface area contributed by atoms with Crippen molar-refractivity contribution in [2.45, 2.75) is 39.0 Å². The normalized spacial score (nSPS) is 11.3. The highest BCUT2D eigenvalue weighted by Gasteiger charge is 2.19. The summed E-state index contributed by atoms with van der Waals surface area (Å²) in [5, 5.41) is 18.1. The lowest BCUT2D eigenvalue weighted by Gasteiger charge is -2.23. The Morgan fingerprint density at radius 1 is 1.33 bits per heavy atom. The Kier molecular flexibility index (Phi) is 4.59. The Morgan fingerprint density at radius 3 is 2.56 bits per heavy atom. The van der Waals surface area contributed by atoms with Crippen LogP contribution in [0.1, 0.15) is 39.2 Å². The minimum atomic E-state index is -0.819. The predicted octanol–water partition coefficient (Wildman–Crippen LogP) is 2.93. The number of carboxylic acid groups (broad SMARTS) is 1. The SMILES string of the molecule is CC(C)(C)c1cc(O)ccc1OCCCC(=O)O. The highest BCUT2D eigenvalue weighted by Crippen LogP contribution is 2.34. The summed E-state index contributed by atoms with van der Waals surface area (Å²) in [7, 11) is 0. The number of benzene rings is 1. The quantitative estimate of drug-likeness (QED) is 0.791. The molecule has 2 N–H and O–H groups in total. The zero-order chi connectivity index (χ0) is 13.8. The number of phenolic OH excluding ortho intramolecular Hbond substituents is 1. The monoisotopic (exact) mass is 252 g/mol. The fraction of sp³-hybridized carbons (Fsp3) is 0.500. The maximum Gasteiger partial charge on any atom is 0.303 e. The predicted molar refractivity (Wildman–Crippen MR) is 69.2 cm³/mol. The first kappa shape index (κ1) is 14.4. The number of hydrogen-bond donors (Lipinski definition) is 2. The fourth-order valence-corrected chi connectivity index (χ4v) is 1.64. The molecule has 18 heavy (non-hydrogen) atoms. The topological polar surface area (TPSA) is 66.8 Å². The summed E-state index contributed by atoms with van der Waals surface area (Å²) < 4.78 is 5.59. The van der Waals surface area contributed by atoms with Gasteiger partial charge in [-0.05, 0) is 30.0 Å². The molecule has 0 saturated carbocycles. The van der Waals surface area contributed by atoms with Gasteiger partial charge in [0, 0.05) is 12.0 Å². The third-order valence-electron chi connectivity index (χ3n) is 2.56. The van der Waals surface area contributed by atoms with Crippen molar-refractivity contribution in [1.29, 1.82) is 0 Å². The average Bonchev–Trinajstić information content (AvgIpc) is 2.24. The highest BCUT2D eigenvalue weighted by molar-refractivity contribution is 5.66. The van der Waals surface area contributed by atoms with Crippen LogP contribution in [0.15, 0.2) is 18.2 Å². The van der Waals surface area contributed by atoms with E-state index in [1.54, 1.807) is 18.2 Å². The minimum absolute atomic E-state index is 0.100. The van der Waals surface area contributed by atoms with Crippen LogP contribution in [0, 0.1) is 0 Å². The zero-order valence-corrected chi connectivity index (χ0v) is 11.1. The van der Waals surface area contributed by atoms with Crippen LogP contribution in [0.2, 0.25) is 0 Å². The molecule has 0 amide bonds. The summed E-state index contributed by atoms with van der Waals surface area (Å²) in [6.07, 6.45) is 0.572. The lowest BCUT2D eigenvalue weighted by atomic mass is 9.86. The molecule has 0 heterocycles. The number of aliphatic carboxylic acids is 1. The summed E-state index contributed by atoms with van der Waals surface area (Å²) in [6, 6.07) is 4.98. The first-order valence-corrected chi connectivity index (χ1v) is 5.99. The molecule has 0 atom stereocenters. The Labute approximate surface area is 107 Å². The van der Waals surface area contributed by atoms with E-state index in [2.05, 4.69) is 0 Å². The lowest BCUT2D eigenvalue weighted by molar-refractivity contribution is -0.137. The van der Waals surface area contributed by atoms with Crippen LogP contribution < -0.4 is 4.74 Å². The molecule has 100 valence electrons. The number of phenols is 1. The molecule has 1 rings (SSSR count). The molecule has 0 aliphatic heterocycles. The maximum absolute atomic E-state index is 10.4. The molecule has 0 unspecified atom stereocenters. The van der Waals surface area contributed by atoms with E-state index in [1.165, 1.54) is 0 Å². The molecule has 0 bridgehead atoms. The molecule has 0 aliphatic rings. The number of hydrogen-bond acceptors (Lipinski definition) is 3. The van der Waals surface area contributed by atoms with Crippen LogP contribution in [-0.4, -0.2) is 22.8 Å². The molecular formula is C14H20O4. The van der Waals surface area contributed by atoms with Gasteiger partial charge in [-0.2, -0.15) is 0 Å². The van der Waals surface area contributed by atoms with Crippen molar-refractivity contribution in [2.24, 2.45) is 0 Å². The Bertz CT molecular complexity index is 418. The van der Waals surface area contributed by atoms with Crippen LogP contribution in [0.3, 0.4) is 0 Å². The van der Waals surface area contributed by atoms with Gasteiger partial charge in [0.25, 0.3) is 0 Å². The largest absolute Gasteiger partial charge is 0.508 e. The number of aromatic hydroxyl groups is 1. The van der Waals surface area contributed by atoms with Gasteiger partial charge >= 0.3 is 5.97 Å². The summed E-state index contributed by atoms with van der Waals surface area (Å²) >= 11 is 0. The molecule has 0 aromatic heterocycles. The van der Waals surface area contributed by atoms with Gasteiger partial charge in [0.1, 0.15) is 11.5 Å². The van der Waals surface area contributed by atoms with Gasteiger partial charge in [0.2, 0.25) is 0 Å². The van der Waals surface area contributed by atoms with E-state index < -0.39 is 5.97 Å². The maximum atomic E-state index is 10.4. The van der Waals surface area contributed by atoms with Crippen LogP contribution in [-0.2, 0) is 10.2 Å². The lowest BCUT2D eigenvalue weighted by Crippen LogP contribution is -2.14. The van der Waals surface area contributed by atoms with E-state index in [9.17, 15) is 9.90 Å². The van der Waals surface area contributed by atoms with Crippen molar-refractivity contribution in [3.63, 3.8) is 0 Å². The first-order chi connectivity index (χ1) is 8.30. The fourth-order valence-electron chi connectivity index (χ4n) is 1.64. The van der Waals surface area contributed by atoms with Crippen LogP contribution in [0.4, 0.5) is 0 Å². The van der Waals surface area contributed by atoms with Gasteiger partial charge in [-0.25, -0.2) is 0 Å². The van der Waals surface area contributed by atoms with Crippen molar-refractivity contribution >= 4 is 5.97 Å². The summed E-state index contributed by atoms with van der Waals surface area (Å²) in [5.74, 6) is 0.0869. The first-order valence-electron chi connectivity index (χ1n) is 5.99. The van der Waals surface area contributed by atoms with Gasteiger partial charge < -0.3 is 14.9 Å². The van der Waals surface area contributed by atoms with E-state index in [1.807, 2.05) is 20.8 Å². The van der Waals surface area contributed by atoms with E-state index in [0.717, 1.165) is 5.56 Å². The molecular weight excluding hydrogens is 232 g/mol. The van der Waals surface area contributed by atoms with Gasteiger partial charge in [-0.3, -0.25) is 4.79 Å². The van der Waals surface area contributed by atoms with Gasteiger partial charge in [-0.1, -0.05) is 20.8 Å². The Hall–Kier alpha value is -1.71. The van der Waals surface area contributed by atoms with Crippen molar-refractivity contribution in [1.82, 2.24) is 0 Å². The van der Waals surface area contributed by atoms with Gasteiger partial charge in [0.05, 0.1) is 6.61 Å². The van der Waals surface area contributed by atoms with Gasteiger partial charge in [-0.15, -0.1) is 0 Å². The molecule has 0 spiro atoms. The molecule has 1 aromatic carbocycles. The van der Waals surface area contributed by atoms with E-state index in [0.29, 0.717) is 18.8 Å². The molecule has 4 heteroatoms. The summed E-state index contributed by atoms with van der Waals surface area (Å²) in [5.41, 5.74) is 0.777. The molecule has 0 fully saturated rings. The molecule has 0 radical (unpaired) electrons. The van der Waals surface area contributed by atoms with Crippen molar-refractivity contribution < 1.29 is 19.7 Å². The summed E-state index contributed by atoms with van der Waals surface area (Å²) in [4.78, 5) is 10.4. The van der Waals surface area contributed by atoms with Crippen LogP contribution >= 0.6 is 0 Å². The second-order valence-corrected chi connectivity index (χ2v) is 5.28. The number of rotatable bonds is 5. The smallest absolute Gasteiger partial charge is 0.303 e. The van der Waals surface area contributed by atoms with Crippen molar-refractivity contribution in [2.75, 3.05) is 6.61 Å². The highest BCUT2D eigenvalue weighted by atomic mass is 16.5. The van der Waals surface area contributed by atoms with E-state index in [-0.39, 0.29) is 17.6 Å². The van der Waals surface area contributed by atoms with Gasteiger partial charge in [0.15, 0.2) is 0 Å². The minimum Gasteiger partial charge on any atom is -0.508 e. The Morgan fingerprint density at radius 2 is 2.00 bits per heavy atom. The number of ether oxygens (including phenoxy) is 1. The van der Waals surface area contributed by atoms with E-state index >= 15 is 0 Å². The number of carbonyl (C=O) groups is 1. The third-order valence-corrected chi connectivity index (χ3v) is 2.56. The number of carboxylic acids is 1. The Balaban J connectivity index is 2.73. The summed E-state index contributed by atoms with van der Waals surface area (Å²) in [6.45, 7) is 6.46. The second-order valence-electron chi connectivity index (χ2n) is 5.28. The van der Waals surface area contributed by atoms with Crippen molar-refractivity contribution in [3.05, 3.63) is 23.8 Å². The average molecular weight is 252 g/mol. The van der Waals surface area contributed by atoms with Crippen LogP contribution in [0.5, 0.6) is 11.5 Å². The molecule has 1 aromatic rings. The third kappa shape index (κ3) is 4.28. The molecule has 4 nitrogen and oxygen atoms in total. The second kappa shape index (κ2) is 5.76.